The van der Waals surface area contributed by atoms with Gasteiger partial charge in [0.1, 0.15) is 5.82 Å². The third-order valence-corrected chi connectivity index (χ3v) is 7.51. The predicted molar refractivity (Wildman–Crippen MR) is 110 cm³/mol. The van der Waals surface area contributed by atoms with Gasteiger partial charge in [-0.05, 0) is 43.4 Å². The quantitative estimate of drug-likeness (QED) is 0.815. The van der Waals surface area contributed by atoms with Crippen molar-refractivity contribution in [2.45, 2.75) is 43.2 Å². The van der Waals surface area contributed by atoms with Gasteiger partial charge < -0.3 is 15.0 Å². The molecular weight excluding hydrogens is 393 g/mol. The summed E-state index contributed by atoms with van der Waals surface area (Å²) in [5.41, 5.74) is 0.770. The molecule has 1 aromatic rings. The van der Waals surface area contributed by atoms with Gasteiger partial charge in [-0.15, -0.1) is 0 Å². The number of carbonyl (C=O) groups is 1. The number of halogens is 2. The minimum Gasteiger partial charge on any atom is -0.381 e. The van der Waals surface area contributed by atoms with E-state index in [9.17, 15) is 9.18 Å². The zero-order chi connectivity index (χ0) is 20.0. The molecule has 4 aliphatic rings. The van der Waals surface area contributed by atoms with Crippen LogP contribution < -0.4 is 5.32 Å². The second-order valence-corrected chi connectivity index (χ2v) is 9.58. The van der Waals surface area contributed by atoms with Crippen molar-refractivity contribution in [3.63, 3.8) is 0 Å². The fraction of sp³-hybridized carbons (Fsp3) is 0.682. The summed E-state index contributed by atoms with van der Waals surface area (Å²) in [6.45, 7) is 5.33. The van der Waals surface area contributed by atoms with Crippen LogP contribution in [0.2, 0.25) is 5.02 Å². The Bertz CT molecular complexity index is 781. The molecular formula is C22H29ClFN3O2. The van der Waals surface area contributed by atoms with E-state index in [2.05, 4.69) is 10.2 Å². The highest BCUT2D eigenvalue weighted by molar-refractivity contribution is 6.30. The van der Waals surface area contributed by atoms with E-state index in [-0.39, 0.29) is 29.1 Å². The molecule has 2 atom stereocenters. The lowest BCUT2D eigenvalue weighted by molar-refractivity contribution is -0.137. The third-order valence-electron chi connectivity index (χ3n) is 7.27. The lowest BCUT2D eigenvalue weighted by Crippen LogP contribution is -2.56. The molecule has 1 aliphatic carbocycles. The van der Waals surface area contributed by atoms with E-state index in [1.165, 1.54) is 6.07 Å². The van der Waals surface area contributed by atoms with Gasteiger partial charge >= 0.3 is 0 Å². The maximum Gasteiger partial charge on any atom is 0.227 e. The van der Waals surface area contributed by atoms with Gasteiger partial charge in [0.25, 0.3) is 0 Å². The molecule has 5 rings (SSSR count). The first kappa shape index (κ1) is 19.7. The molecule has 29 heavy (non-hydrogen) atoms. The zero-order valence-corrected chi connectivity index (χ0v) is 17.5. The lowest BCUT2D eigenvalue weighted by atomic mass is 9.87. The number of likely N-dealkylation sites (tertiary alicyclic amines) is 1. The lowest BCUT2D eigenvalue weighted by Gasteiger charge is -2.36. The van der Waals surface area contributed by atoms with Crippen LogP contribution in [0.3, 0.4) is 0 Å². The van der Waals surface area contributed by atoms with Crippen molar-refractivity contribution >= 4 is 17.5 Å². The molecule has 7 heteroatoms. The average Bonchev–Trinajstić information content (AvgIpc) is 3.32. The normalized spacial score (nSPS) is 30.1. The molecule has 1 amide bonds. The van der Waals surface area contributed by atoms with Crippen LogP contribution >= 0.6 is 11.6 Å². The van der Waals surface area contributed by atoms with Crippen molar-refractivity contribution < 1.29 is 13.9 Å². The topological polar surface area (TPSA) is 44.8 Å². The van der Waals surface area contributed by atoms with Crippen LogP contribution in [0.15, 0.2) is 18.2 Å². The number of hydrogen-bond donors (Lipinski definition) is 1. The van der Waals surface area contributed by atoms with Gasteiger partial charge in [-0.3, -0.25) is 9.69 Å². The van der Waals surface area contributed by atoms with E-state index in [0.29, 0.717) is 23.2 Å². The second-order valence-electron chi connectivity index (χ2n) is 9.14. The molecule has 3 saturated heterocycles. The molecule has 0 aromatic heterocycles. The standard InChI is InChI=1S/C22H29ClFN3O2/c23-15-1-2-17(20(24)11-15)18-12-27(16-3-9-29-10-4-16)13-19(18)21(28)26-8-7-25-22(14-26)5-6-22/h1-2,11,16,18-19,25H,3-10,12-14H2/t18-,19?/m0/s1. The van der Waals surface area contributed by atoms with Gasteiger partial charge in [0, 0.05) is 68.5 Å². The number of ether oxygens (including phenoxy) is 1. The predicted octanol–water partition coefficient (Wildman–Crippen LogP) is 2.64. The number of carbonyl (C=O) groups excluding carboxylic acids is 1. The van der Waals surface area contributed by atoms with Gasteiger partial charge in [0.2, 0.25) is 5.91 Å². The first-order valence-corrected chi connectivity index (χ1v) is 11.2. The molecule has 4 fully saturated rings. The van der Waals surface area contributed by atoms with E-state index in [0.717, 1.165) is 65.1 Å². The van der Waals surface area contributed by atoms with Crippen LogP contribution in [-0.4, -0.2) is 73.2 Å². The number of benzene rings is 1. The van der Waals surface area contributed by atoms with Crippen LogP contribution in [0, 0.1) is 11.7 Å². The Balaban J connectivity index is 1.40. The highest BCUT2D eigenvalue weighted by Crippen LogP contribution is 2.41. The van der Waals surface area contributed by atoms with E-state index < -0.39 is 0 Å². The van der Waals surface area contributed by atoms with Crippen molar-refractivity contribution in [1.29, 1.82) is 0 Å². The first-order chi connectivity index (χ1) is 14.0. The third kappa shape index (κ3) is 3.92. The van der Waals surface area contributed by atoms with Gasteiger partial charge in [0.05, 0.1) is 5.92 Å². The average molecular weight is 422 g/mol. The molecule has 5 nitrogen and oxygen atoms in total. The van der Waals surface area contributed by atoms with E-state index in [4.69, 9.17) is 16.3 Å². The highest BCUT2D eigenvalue weighted by Gasteiger charge is 2.49. The monoisotopic (exact) mass is 421 g/mol. The maximum atomic E-state index is 14.8. The summed E-state index contributed by atoms with van der Waals surface area (Å²) < 4.78 is 20.3. The number of nitrogens with zero attached hydrogens (tertiary/aromatic N) is 2. The minimum atomic E-state index is -0.298. The van der Waals surface area contributed by atoms with Crippen LogP contribution in [-0.2, 0) is 9.53 Å². The number of nitrogens with one attached hydrogen (secondary N) is 1. The molecule has 1 unspecified atom stereocenters. The van der Waals surface area contributed by atoms with Gasteiger partial charge in [0.15, 0.2) is 0 Å². The molecule has 3 aliphatic heterocycles. The molecule has 1 N–H and O–H groups in total. The Morgan fingerprint density at radius 3 is 2.76 bits per heavy atom. The van der Waals surface area contributed by atoms with Gasteiger partial charge in [-0.1, -0.05) is 17.7 Å². The van der Waals surface area contributed by atoms with Gasteiger partial charge in [-0.2, -0.15) is 0 Å². The van der Waals surface area contributed by atoms with Crippen molar-refractivity contribution in [2.24, 2.45) is 5.92 Å². The van der Waals surface area contributed by atoms with Crippen molar-refractivity contribution in [3.05, 3.63) is 34.6 Å². The Morgan fingerprint density at radius 1 is 1.24 bits per heavy atom. The summed E-state index contributed by atoms with van der Waals surface area (Å²) in [4.78, 5) is 18.0. The maximum absolute atomic E-state index is 14.8. The van der Waals surface area contributed by atoms with Gasteiger partial charge in [-0.25, -0.2) is 4.39 Å². The number of hydrogen-bond acceptors (Lipinski definition) is 4. The van der Waals surface area contributed by atoms with E-state index >= 15 is 0 Å². The SMILES string of the molecule is O=C(C1CN(C2CCOCC2)C[C@H]1c1ccc(Cl)cc1F)N1CCNC2(CC2)C1. The molecule has 0 bridgehead atoms. The van der Waals surface area contributed by atoms with Crippen LogP contribution in [0.25, 0.3) is 0 Å². The fourth-order valence-electron chi connectivity index (χ4n) is 5.41. The molecule has 158 valence electrons. The zero-order valence-electron chi connectivity index (χ0n) is 16.7. The molecule has 1 saturated carbocycles. The Kier molecular flexibility index (Phi) is 5.31. The molecule has 1 spiro atoms. The Labute approximate surface area is 176 Å². The van der Waals surface area contributed by atoms with Crippen molar-refractivity contribution in [1.82, 2.24) is 15.1 Å². The summed E-state index contributed by atoms with van der Waals surface area (Å²) in [6, 6.07) is 5.30. The van der Waals surface area contributed by atoms with Crippen LogP contribution in [0.4, 0.5) is 4.39 Å². The summed E-state index contributed by atoms with van der Waals surface area (Å²) in [7, 11) is 0. The fourth-order valence-corrected chi connectivity index (χ4v) is 5.57. The smallest absolute Gasteiger partial charge is 0.227 e. The van der Waals surface area contributed by atoms with Crippen molar-refractivity contribution in [2.75, 3.05) is 45.9 Å². The Hall–Kier alpha value is -1.21. The van der Waals surface area contributed by atoms with E-state index in [1.807, 2.05) is 4.90 Å². The molecule has 0 radical (unpaired) electrons. The van der Waals surface area contributed by atoms with Crippen LogP contribution in [0.1, 0.15) is 37.2 Å². The highest BCUT2D eigenvalue weighted by atomic mass is 35.5. The minimum absolute atomic E-state index is 0.132. The number of amides is 1. The summed E-state index contributed by atoms with van der Waals surface area (Å²) in [6.07, 6.45) is 4.25. The van der Waals surface area contributed by atoms with Crippen molar-refractivity contribution in [3.8, 4) is 0 Å². The number of piperazine rings is 1. The first-order valence-electron chi connectivity index (χ1n) is 10.9. The summed E-state index contributed by atoms with van der Waals surface area (Å²) in [5, 5.41) is 3.97. The second kappa shape index (κ2) is 7.80. The molecule has 3 heterocycles. The Morgan fingerprint density at radius 2 is 2.03 bits per heavy atom. The number of rotatable bonds is 3. The molecule has 1 aromatic carbocycles. The van der Waals surface area contributed by atoms with E-state index in [1.54, 1.807) is 12.1 Å². The summed E-state index contributed by atoms with van der Waals surface area (Å²) >= 11 is 5.99. The largest absolute Gasteiger partial charge is 0.381 e. The summed E-state index contributed by atoms with van der Waals surface area (Å²) in [5.74, 6) is -0.449. The van der Waals surface area contributed by atoms with Crippen LogP contribution in [0.5, 0.6) is 0 Å².